The van der Waals surface area contributed by atoms with Crippen molar-refractivity contribution < 1.29 is 31.8 Å². The number of carbonyl (C=O) groups is 1. The van der Waals surface area contributed by atoms with E-state index in [4.69, 9.17) is 9.84 Å². The number of hydrogen-bond acceptors (Lipinski definition) is 4. The molecule has 0 fully saturated rings. The van der Waals surface area contributed by atoms with E-state index >= 15 is 0 Å². The van der Waals surface area contributed by atoms with E-state index in [0.717, 1.165) is 24.5 Å². The second kappa shape index (κ2) is 7.02. The Kier molecular flexibility index (Phi) is 5.22. The first kappa shape index (κ1) is 18.6. The standard InChI is InChI=1S/C17H14F2O5S/c1-10(17(20)21)7-11-8-14(18)16(15(19)9-11)24-12-3-5-13(6-4-12)25(2,22)23/h3-9H,1-2H3,(H,20,21)/b10-7+. The van der Waals surface area contributed by atoms with Crippen LogP contribution in [-0.4, -0.2) is 25.7 Å². The Balaban J connectivity index is 2.32. The van der Waals surface area contributed by atoms with Crippen LogP contribution in [0.25, 0.3) is 6.08 Å². The summed E-state index contributed by atoms with van der Waals surface area (Å²) >= 11 is 0. The zero-order valence-corrected chi connectivity index (χ0v) is 14.1. The number of halogens is 2. The fourth-order valence-corrected chi connectivity index (χ4v) is 2.58. The van der Waals surface area contributed by atoms with Crippen molar-refractivity contribution in [3.05, 3.63) is 59.2 Å². The van der Waals surface area contributed by atoms with Gasteiger partial charge in [-0.15, -0.1) is 0 Å². The van der Waals surface area contributed by atoms with Gasteiger partial charge < -0.3 is 9.84 Å². The van der Waals surface area contributed by atoms with Crippen LogP contribution in [0.1, 0.15) is 12.5 Å². The number of ether oxygens (including phenoxy) is 1. The van der Waals surface area contributed by atoms with Crippen LogP contribution in [0.3, 0.4) is 0 Å². The maximum absolute atomic E-state index is 14.1. The molecule has 5 nitrogen and oxygen atoms in total. The monoisotopic (exact) mass is 368 g/mol. The molecule has 0 aliphatic rings. The summed E-state index contributed by atoms with van der Waals surface area (Å²) in [5, 5.41) is 8.79. The number of carboxylic acid groups (broad SMARTS) is 1. The summed E-state index contributed by atoms with van der Waals surface area (Å²) in [4.78, 5) is 10.8. The van der Waals surface area contributed by atoms with Gasteiger partial charge in [0.1, 0.15) is 5.75 Å². The zero-order chi connectivity index (χ0) is 18.8. The van der Waals surface area contributed by atoms with Crippen molar-refractivity contribution in [3.8, 4) is 11.5 Å². The highest BCUT2D eigenvalue weighted by Gasteiger charge is 2.15. The van der Waals surface area contributed by atoms with E-state index < -0.39 is 33.2 Å². The average Bonchev–Trinajstić information content (AvgIpc) is 2.50. The van der Waals surface area contributed by atoms with Crippen molar-refractivity contribution in [2.75, 3.05) is 6.26 Å². The average molecular weight is 368 g/mol. The van der Waals surface area contributed by atoms with Crippen LogP contribution in [-0.2, 0) is 14.6 Å². The molecule has 2 aromatic rings. The molecule has 0 aromatic heterocycles. The third-order valence-electron chi connectivity index (χ3n) is 3.21. The first-order chi connectivity index (χ1) is 11.6. The van der Waals surface area contributed by atoms with Gasteiger partial charge in [0.15, 0.2) is 27.2 Å². The Labute approximate surface area is 143 Å². The van der Waals surface area contributed by atoms with E-state index in [-0.39, 0.29) is 21.8 Å². The van der Waals surface area contributed by atoms with Crippen molar-refractivity contribution in [1.82, 2.24) is 0 Å². The Bertz CT molecular complexity index is 924. The van der Waals surface area contributed by atoms with Crippen molar-refractivity contribution in [3.63, 3.8) is 0 Å². The van der Waals surface area contributed by atoms with Crippen LogP contribution in [0, 0.1) is 11.6 Å². The summed E-state index contributed by atoms with van der Waals surface area (Å²) in [5.41, 5.74) is -0.0430. The molecule has 0 saturated carbocycles. The van der Waals surface area contributed by atoms with E-state index in [1.807, 2.05) is 0 Å². The molecule has 25 heavy (non-hydrogen) atoms. The topological polar surface area (TPSA) is 80.7 Å². The summed E-state index contributed by atoms with van der Waals surface area (Å²) in [6.45, 7) is 1.30. The minimum Gasteiger partial charge on any atom is -0.478 e. The van der Waals surface area contributed by atoms with Gasteiger partial charge in [-0.2, -0.15) is 0 Å². The number of rotatable bonds is 5. The van der Waals surface area contributed by atoms with Crippen molar-refractivity contribution >= 4 is 21.9 Å². The molecule has 0 saturated heterocycles. The summed E-state index contributed by atoms with van der Waals surface area (Å²) in [6, 6.07) is 6.95. The summed E-state index contributed by atoms with van der Waals surface area (Å²) in [5.74, 6) is -3.85. The second-order valence-corrected chi connectivity index (χ2v) is 7.31. The lowest BCUT2D eigenvalue weighted by Crippen LogP contribution is -1.98. The lowest BCUT2D eigenvalue weighted by molar-refractivity contribution is -0.132. The molecule has 2 aromatic carbocycles. The molecule has 0 unspecified atom stereocenters. The van der Waals surface area contributed by atoms with Crippen molar-refractivity contribution in [2.45, 2.75) is 11.8 Å². The number of benzene rings is 2. The maximum Gasteiger partial charge on any atom is 0.331 e. The maximum atomic E-state index is 14.1. The van der Waals surface area contributed by atoms with E-state index in [2.05, 4.69) is 0 Å². The molecule has 132 valence electrons. The predicted molar refractivity (Wildman–Crippen MR) is 87.3 cm³/mol. The Morgan fingerprint density at radius 1 is 1.12 bits per heavy atom. The molecule has 0 aliphatic carbocycles. The van der Waals surface area contributed by atoms with E-state index in [1.165, 1.54) is 31.2 Å². The van der Waals surface area contributed by atoms with Gasteiger partial charge in [0.25, 0.3) is 0 Å². The quantitative estimate of drug-likeness (QED) is 0.815. The SMILES string of the molecule is C/C(=C\c1cc(F)c(Oc2ccc(S(C)(=O)=O)cc2)c(F)c1)C(=O)O. The third kappa shape index (κ3) is 4.63. The molecular formula is C17H14F2O5S. The predicted octanol–water partition coefficient (Wildman–Crippen LogP) is 3.65. The van der Waals surface area contributed by atoms with Gasteiger partial charge in [0.2, 0.25) is 0 Å². The van der Waals surface area contributed by atoms with E-state index in [9.17, 15) is 22.0 Å². The number of sulfone groups is 1. The lowest BCUT2D eigenvalue weighted by atomic mass is 10.1. The van der Waals surface area contributed by atoms with Crippen LogP contribution in [0.15, 0.2) is 46.9 Å². The van der Waals surface area contributed by atoms with Crippen LogP contribution < -0.4 is 4.74 Å². The van der Waals surface area contributed by atoms with E-state index in [0.29, 0.717) is 0 Å². The Morgan fingerprint density at radius 2 is 1.64 bits per heavy atom. The number of hydrogen-bond donors (Lipinski definition) is 1. The minimum absolute atomic E-state index is 0.0367. The molecule has 0 radical (unpaired) electrons. The van der Waals surface area contributed by atoms with Crippen LogP contribution in [0.2, 0.25) is 0 Å². The second-order valence-electron chi connectivity index (χ2n) is 5.29. The van der Waals surface area contributed by atoms with Gasteiger partial charge in [-0.05, 0) is 55.0 Å². The minimum atomic E-state index is -3.39. The Morgan fingerprint density at radius 3 is 2.08 bits per heavy atom. The highest BCUT2D eigenvalue weighted by atomic mass is 32.2. The molecule has 2 rings (SSSR count). The molecule has 0 heterocycles. The molecule has 0 amide bonds. The van der Waals surface area contributed by atoms with Crippen LogP contribution in [0.5, 0.6) is 11.5 Å². The third-order valence-corrected chi connectivity index (χ3v) is 4.34. The highest BCUT2D eigenvalue weighted by Crippen LogP contribution is 2.30. The lowest BCUT2D eigenvalue weighted by Gasteiger charge is -2.09. The first-order valence-electron chi connectivity index (χ1n) is 6.96. The van der Waals surface area contributed by atoms with Crippen molar-refractivity contribution in [2.24, 2.45) is 0 Å². The molecular weight excluding hydrogens is 354 g/mol. The molecule has 0 spiro atoms. The van der Waals surface area contributed by atoms with E-state index in [1.54, 1.807) is 0 Å². The molecule has 0 atom stereocenters. The van der Waals surface area contributed by atoms with Gasteiger partial charge in [-0.1, -0.05) is 0 Å². The van der Waals surface area contributed by atoms with Crippen LogP contribution in [0.4, 0.5) is 8.78 Å². The number of carboxylic acids is 1. The highest BCUT2D eigenvalue weighted by molar-refractivity contribution is 7.90. The molecule has 8 heteroatoms. The van der Waals surface area contributed by atoms with Gasteiger partial charge in [-0.25, -0.2) is 22.0 Å². The fourth-order valence-electron chi connectivity index (χ4n) is 1.94. The summed E-state index contributed by atoms with van der Waals surface area (Å²) < 4.78 is 56.0. The molecule has 1 N–H and O–H groups in total. The smallest absolute Gasteiger partial charge is 0.331 e. The van der Waals surface area contributed by atoms with Crippen molar-refractivity contribution in [1.29, 1.82) is 0 Å². The zero-order valence-electron chi connectivity index (χ0n) is 13.3. The first-order valence-corrected chi connectivity index (χ1v) is 8.85. The largest absolute Gasteiger partial charge is 0.478 e. The Hall–Kier alpha value is -2.74. The van der Waals surface area contributed by atoms with Gasteiger partial charge in [-0.3, -0.25) is 0 Å². The van der Waals surface area contributed by atoms with Crippen LogP contribution >= 0.6 is 0 Å². The van der Waals surface area contributed by atoms with Gasteiger partial charge >= 0.3 is 5.97 Å². The van der Waals surface area contributed by atoms with Gasteiger partial charge in [0.05, 0.1) is 4.90 Å². The fraction of sp³-hybridized carbons (Fsp3) is 0.118. The number of aliphatic carboxylic acids is 1. The summed E-state index contributed by atoms with van der Waals surface area (Å²) in [6.07, 6.45) is 2.16. The summed E-state index contributed by atoms with van der Waals surface area (Å²) in [7, 11) is -3.39. The normalized spacial score (nSPS) is 12.1. The van der Waals surface area contributed by atoms with Gasteiger partial charge in [0, 0.05) is 11.8 Å². The molecule has 0 bridgehead atoms. The molecule has 0 aliphatic heterocycles.